The van der Waals surface area contributed by atoms with Gasteiger partial charge >= 0.3 is 5.97 Å². The van der Waals surface area contributed by atoms with Crippen LogP contribution >= 0.6 is 0 Å². The van der Waals surface area contributed by atoms with Gasteiger partial charge in [-0.15, -0.1) is 0 Å². The molecule has 33 heavy (non-hydrogen) atoms. The number of ether oxygens (including phenoxy) is 1. The van der Waals surface area contributed by atoms with Crippen molar-refractivity contribution in [3.05, 3.63) is 88.6 Å². The summed E-state index contributed by atoms with van der Waals surface area (Å²) in [4.78, 5) is 21.4. The van der Waals surface area contributed by atoms with Crippen LogP contribution in [-0.2, 0) is 4.79 Å². The Morgan fingerprint density at radius 1 is 0.879 bits per heavy atom. The van der Waals surface area contributed by atoms with Crippen LogP contribution in [0.3, 0.4) is 0 Å². The Kier molecular flexibility index (Phi) is 6.05. The van der Waals surface area contributed by atoms with Crippen molar-refractivity contribution in [1.29, 1.82) is 0 Å². The van der Waals surface area contributed by atoms with Crippen LogP contribution in [0.1, 0.15) is 46.4 Å². The minimum atomic E-state index is -0.897. The third-order valence-corrected chi connectivity index (χ3v) is 5.91. The van der Waals surface area contributed by atoms with Gasteiger partial charge in [-0.3, -0.25) is 4.79 Å². The highest BCUT2D eigenvalue weighted by Gasteiger charge is 2.23. The van der Waals surface area contributed by atoms with Gasteiger partial charge in [0.1, 0.15) is 11.6 Å². The number of carbonyl (C=O) groups is 1. The third-order valence-electron chi connectivity index (χ3n) is 5.91. The van der Waals surface area contributed by atoms with Crippen molar-refractivity contribution in [2.45, 2.75) is 40.0 Å². The molecule has 170 valence electrons. The molecule has 0 saturated heterocycles. The van der Waals surface area contributed by atoms with Crippen molar-refractivity contribution in [1.82, 2.24) is 19.1 Å². The normalized spacial score (nSPS) is 12.0. The second-order valence-electron chi connectivity index (χ2n) is 8.28. The number of rotatable bonds is 7. The summed E-state index contributed by atoms with van der Waals surface area (Å²) in [6, 6.07) is 17.6. The molecule has 1 unspecified atom stereocenters. The Hall–Kier alpha value is -3.87. The van der Waals surface area contributed by atoms with Gasteiger partial charge in [0.25, 0.3) is 0 Å². The fraction of sp³-hybridized carbons (Fsp3) is 0.269. The number of aliphatic carboxylic acids is 1. The lowest BCUT2D eigenvalue weighted by Gasteiger charge is -2.20. The molecule has 0 fully saturated rings. The Morgan fingerprint density at radius 2 is 1.39 bits per heavy atom. The van der Waals surface area contributed by atoms with E-state index < -0.39 is 11.9 Å². The number of nitrogens with zero attached hydrogens (tertiary/aromatic N) is 4. The summed E-state index contributed by atoms with van der Waals surface area (Å²) < 4.78 is 9.46. The fourth-order valence-corrected chi connectivity index (χ4v) is 4.32. The largest absolute Gasteiger partial charge is 0.481 e. The summed E-state index contributed by atoms with van der Waals surface area (Å²) in [5, 5.41) is 9.73. The van der Waals surface area contributed by atoms with Gasteiger partial charge in [-0.1, -0.05) is 6.07 Å². The summed E-state index contributed by atoms with van der Waals surface area (Å²) in [5.74, 6) is 0.574. The van der Waals surface area contributed by atoms with Crippen LogP contribution in [0.25, 0.3) is 11.6 Å². The lowest BCUT2D eigenvalue weighted by atomic mass is 9.92. The van der Waals surface area contributed by atoms with Gasteiger partial charge in [0.2, 0.25) is 5.88 Å². The second-order valence-corrected chi connectivity index (χ2v) is 8.28. The molecule has 0 aromatic carbocycles. The Balaban J connectivity index is 1.97. The van der Waals surface area contributed by atoms with E-state index in [1.54, 1.807) is 13.2 Å². The molecule has 0 aliphatic carbocycles. The van der Waals surface area contributed by atoms with Crippen LogP contribution < -0.4 is 4.74 Å². The van der Waals surface area contributed by atoms with Gasteiger partial charge in [-0.25, -0.2) is 9.97 Å². The summed E-state index contributed by atoms with van der Waals surface area (Å²) in [6.45, 7) is 8.13. The average Bonchev–Trinajstić information content (AvgIpc) is 3.31. The SMILES string of the molecule is COc1cccc(C(CC(=O)O)c2cc(-n3c(C)ccc3C)nc(-n3c(C)ccc3C)c2)n1. The van der Waals surface area contributed by atoms with E-state index in [1.165, 1.54) is 0 Å². The maximum Gasteiger partial charge on any atom is 0.304 e. The van der Waals surface area contributed by atoms with Crippen molar-refractivity contribution in [2.75, 3.05) is 7.11 Å². The van der Waals surface area contributed by atoms with Crippen molar-refractivity contribution in [2.24, 2.45) is 0 Å². The molecule has 4 aromatic heterocycles. The number of carboxylic acid groups (broad SMARTS) is 1. The lowest BCUT2D eigenvalue weighted by Crippen LogP contribution is -2.14. The molecule has 0 radical (unpaired) electrons. The van der Waals surface area contributed by atoms with E-state index in [0.29, 0.717) is 11.6 Å². The van der Waals surface area contributed by atoms with Gasteiger partial charge in [-0.2, -0.15) is 0 Å². The zero-order valence-corrected chi connectivity index (χ0v) is 19.5. The van der Waals surface area contributed by atoms with Gasteiger partial charge in [-0.05, 0) is 75.7 Å². The van der Waals surface area contributed by atoms with Gasteiger partial charge < -0.3 is 19.0 Å². The topological polar surface area (TPSA) is 82.2 Å². The average molecular weight is 445 g/mol. The minimum Gasteiger partial charge on any atom is -0.481 e. The number of carboxylic acids is 1. The van der Waals surface area contributed by atoms with E-state index in [-0.39, 0.29) is 6.42 Å². The van der Waals surface area contributed by atoms with Crippen molar-refractivity contribution < 1.29 is 14.6 Å². The molecule has 0 spiro atoms. The summed E-state index contributed by atoms with van der Waals surface area (Å²) in [6.07, 6.45) is -0.101. The molecule has 0 saturated carbocycles. The molecule has 0 aliphatic rings. The summed E-state index contributed by atoms with van der Waals surface area (Å²) in [5.41, 5.74) is 5.69. The highest BCUT2D eigenvalue weighted by atomic mass is 16.5. The van der Waals surface area contributed by atoms with Gasteiger partial charge in [0.05, 0.1) is 19.2 Å². The maximum absolute atomic E-state index is 11.9. The molecule has 0 bridgehead atoms. The first kappa shape index (κ1) is 22.3. The highest BCUT2D eigenvalue weighted by Crippen LogP contribution is 2.31. The number of hydrogen-bond acceptors (Lipinski definition) is 4. The Labute approximate surface area is 193 Å². The first-order valence-electron chi connectivity index (χ1n) is 10.8. The minimum absolute atomic E-state index is 0.101. The lowest BCUT2D eigenvalue weighted by molar-refractivity contribution is -0.137. The Bertz CT molecular complexity index is 1220. The molecule has 4 heterocycles. The standard InChI is InChI=1S/C26H28N4O3/c1-16-9-10-17(2)29(16)23-13-20(14-24(28-23)30-18(3)11-12-19(30)4)21(15-26(31)32)22-7-6-8-25(27-22)33-5/h6-14,21H,15H2,1-5H3,(H,31,32). The van der Waals surface area contributed by atoms with Crippen LogP contribution in [0.4, 0.5) is 0 Å². The van der Waals surface area contributed by atoms with Crippen LogP contribution in [0.5, 0.6) is 5.88 Å². The van der Waals surface area contributed by atoms with Crippen LogP contribution in [-0.4, -0.2) is 37.3 Å². The Morgan fingerprint density at radius 3 is 1.85 bits per heavy atom. The monoisotopic (exact) mass is 444 g/mol. The molecular weight excluding hydrogens is 416 g/mol. The van der Waals surface area contributed by atoms with E-state index >= 15 is 0 Å². The molecule has 4 aromatic rings. The van der Waals surface area contributed by atoms with Crippen LogP contribution in [0.2, 0.25) is 0 Å². The molecule has 0 aliphatic heterocycles. The second kappa shape index (κ2) is 8.94. The summed E-state index contributed by atoms with van der Waals surface area (Å²) >= 11 is 0. The number of pyridine rings is 2. The number of hydrogen-bond donors (Lipinski definition) is 1. The summed E-state index contributed by atoms with van der Waals surface area (Å²) in [7, 11) is 1.55. The molecule has 1 atom stereocenters. The zero-order valence-electron chi connectivity index (χ0n) is 19.5. The van der Waals surface area contributed by atoms with Crippen LogP contribution in [0, 0.1) is 27.7 Å². The number of aryl methyl sites for hydroxylation is 4. The molecule has 4 rings (SSSR count). The van der Waals surface area contributed by atoms with E-state index in [9.17, 15) is 9.90 Å². The van der Waals surface area contributed by atoms with Crippen LogP contribution in [0.15, 0.2) is 54.6 Å². The zero-order chi connectivity index (χ0) is 23.7. The number of aromatic nitrogens is 4. The molecule has 1 N–H and O–H groups in total. The van der Waals surface area contributed by atoms with E-state index in [0.717, 1.165) is 40.0 Å². The third kappa shape index (κ3) is 4.39. The van der Waals surface area contributed by atoms with E-state index in [1.807, 2.05) is 76.2 Å². The fourth-order valence-electron chi connectivity index (χ4n) is 4.32. The predicted molar refractivity (Wildman–Crippen MR) is 127 cm³/mol. The first-order valence-corrected chi connectivity index (χ1v) is 10.8. The molecule has 7 nitrogen and oxygen atoms in total. The van der Waals surface area contributed by atoms with Crippen molar-refractivity contribution in [3.8, 4) is 17.5 Å². The first-order chi connectivity index (χ1) is 15.8. The smallest absolute Gasteiger partial charge is 0.304 e. The van der Waals surface area contributed by atoms with Gasteiger partial charge in [0.15, 0.2) is 0 Å². The van der Waals surface area contributed by atoms with Crippen molar-refractivity contribution >= 4 is 5.97 Å². The number of methoxy groups -OCH3 is 1. The molecule has 0 amide bonds. The quantitative estimate of drug-likeness (QED) is 0.438. The predicted octanol–water partition coefficient (Wildman–Crippen LogP) is 4.91. The van der Waals surface area contributed by atoms with E-state index in [4.69, 9.17) is 9.72 Å². The maximum atomic E-state index is 11.9. The van der Waals surface area contributed by atoms with Gasteiger partial charge in [0, 0.05) is 34.8 Å². The molecule has 7 heteroatoms. The highest BCUT2D eigenvalue weighted by molar-refractivity contribution is 5.69. The van der Waals surface area contributed by atoms with Crippen molar-refractivity contribution in [3.63, 3.8) is 0 Å². The molecular formula is C26H28N4O3. The van der Waals surface area contributed by atoms with E-state index in [2.05, 4.69) is 14.1 Å².